The number of phenolic OH excluding ortho intramolecular Hbond substituents is 1. The van der Waals surface area contributed by atoms with Crippen molar-refractivity contribution in [1.82, 2.24) is 4.90 Å². The van der Waals surface area contributed by atoms with Gasteiger partial charge in [-0.1, -0.05) is 43.3 Å². The topological polar surface area (TPSA) is 153 Å². The molecule has 2 aromatic carbocycles. The van der Waals surface area contributed by atoms with E-state index in [1.807, 2.05) is 6.08 Å². The van der Waals surface area contributed by atoms with Gasteiger partial charge in [0.05, 0.1) is 26.9 Å². The summed E-state index contributed by atoms with van der Waals surface area (Å²) >= 11 is 0. The van der Waals surface area contributed by atoms with E-state index >= 15 is 0 Å². The summed E-state index contributed by atoms with van der Waals surface area (Å²) in [6, 6.07) is 11.1. The first-order valence-electron chi connectivity index (χ1n) is 11.0. The van der Waals surface area contributed by atoms with Crippen LogP contribution in [-0.4, -0.2) is 37.4 Å². The number of rotatable bonds is 7. The molecule has 1 N–H and O–H groups in total. The second-order valence-corrected chi connectivity index (χ2v) is 8.56. The van der Waals surface area contributed by atoms with Crippen molar-refractivity contribution in [3.63, 3.8) is 0 Å². The van der Waals surface area contributed by atoms with Gasteiger partial charge >= 0.3 is 11.4 Å². The van der Waals surface area contributed by atoms with Crippen molar-refractivity contribution in [2.45, 2.75) is 37.8 Å². The van der Waals surface area contributed by atoms with Crippen LogP contribution in [-0.2, 0) is 0 Å². The minimum absolute atomic E-state index is 0.447. The van der Waals surface area contributed by atoms with Crippen molar-refractivity contribution < 1.29 is 19.9 Å². The standard InChI is InChI=1S/C18H23N.C6H3N3O7/c1-4-8-16-18-13(3)12-17(19(16)11-5-2)14-9-6-7-10-15(14)18;10-6-4(8(13)14)1-3(7(11)12)2-5(6)9(15)16/h4-7,9-10,13,16-18H,1-2,8,11-12H2,3H3;1-2,10H. The van der Waals surface area contributed by atoms with Gasteiger partial charge in [-0.2, -0.15) is 0 Å². The highest BCUT2D eigenvalue weighted by Gasteiger charge is 2.47. The molecule has 0 aromatic heterocycles. The van der Waals surface area contributed by atoms with Crippen LogP contribution in [0.4, 0.5) is 17.1 Å². The predicted octanol–water partition coefficient (Wildman–Crippen LogP) is 5.41. The van der Waals surface area contributed by atoms with Gasteiger partial charge < -0.3 is 5.11 Å². The first kappa shape index (κ1) is 25.5. The van der Waals surface area contributed by atoms with E-state index in [0.29, 0.717) is 30.1 Å². The highest BCUT2D eigenvalue weighted by atomic mass is 16.6. The molecule has 0 saturated carbocycles. The van der Waals surface area contributed by atoms with Gasteiger partial charge in [0.25, 0.3) is 11.4 Å². The summed E-state index contributed by atoms with van der Waals surface area (Å²) in [7, 11) is 0. The molecule has 2 bridgehead atoms. The Morgan fingerprint density at radius 2 is 1.57 bits per heavy atom. The van der Waals surface area contributed by atoms with Gasteiger partial charge in [-0.05, 0) is 29.9 Å². The lowest BCUT2D eigenvalue weighted by Gasteiger charge is -2.55. The lowest BCUT2D eigenvalue weighted by Crippen LogP contribution is -2.52. The monoisotopic (exact) mass is 482 g/mol. The molecule has 11 heteroatoms. The van der Waals surface area contributed by atoms with Crippen molar-refractivity contribution in [2.75, 3.05) is 6.54 Å². The van der Waals surface area contributed by atoms with Gasteiger partial charge in [0.1, 0.15) is 0 Å². The van der Waals surface area contributed by atoms with E-state index in [0.717, 1.165) is 18.9 Å². The first-order chi connectivity index (χ1) is 16.6. The molecular formula is C24H26N4O7. The van der Waals surface area contributed by atoms with Gasteiger partial charge in [-0.3, -0.25) is 35.2 Å². The van der Waals surface area contributed by atoms with Crippen LogP contribution < -0.4 is 0 Å². The summed E-state index contributed by atoms with van der Waals surface area (Å²) in [5.41, 5.74) is 0.129. The summed E-state index contributed by atoms with van der Waals surface area (Å²) in [6.45, 7) is 11.3. The van der Waals surface area contributed by atoms with Crippen LogP contribution in [0.3, 0.4) is 0 Å². The molecule has 0 radical (unpaired) electrons. The number of nitrogens with zero attached hydrogens (tertiary/aromatic N) is 4. The molecular weight excluding hydrogens is 456 g/mol. The molecule has 0 amide bonds. The Kier molecular flexibility index (Phi) is 7.60. The first-order valence-corrected chi connectivity index (χ1v) is 11.0. The second kappa shape index (κ2) is 10.4. The third-order valence-corrected chi connectivity index (χ3v) is 6.57. The minimum Gasteiger partial charge on any atom is -0.497 e. The molecule has 1 saturated heterocycles. The zero-order valence-corrected chi connectivity index (χ0v) is 19.1. The molecule has 5 rings (SSSR count). The predicted molar refractivity (Wildman–Crippen MR) is 129 cm³/mol. The third-order valence-electron chi connectivity index (χ3n) is 6.57. The van der Waals surface area contributed by atoms with Gasteiger partial charge in [-0.25, -0.2) is 0 Å². The maximum Gasteiger partial charge on any atom is 0.324 e. The van der Waals surface area contributed by atoms with Crippen molar-refractivity contribution in [3.05, 3.63) is 103 Å². The zero-order valence-electron chi connectivity index (χ0n) is 19.1. The number of benzene rings is 2. The Balaban J connectivity index is 0.000000199. The molecule has 0 spiro atoms. The molecule has 1 aliphatic carbocycles. The molecule has 4 unspecified atom stereocenters. The van der Waals surface area contributed by atoms with Crippen LogP contribution in [0.25, 0.3) is 0 Å². The molecule has 35 heavy (non-hydrogen) atoms. The Bertz CT molecular complexity index is 1150. The van der Waals surface area contributed by atoms with Crippen LogP contribution in [0.2, 0.25) is 0 Å². The summed E-state index contributed by atoms with van der Waals surface area (Å²) in [5.74, 6) is 0.214. The fraction of sp³-hybridized carbons (Fsp3) is 0.333. The molecule has 11 nitrogen and oxygen atoms in total. The molecule has 4 atom stereocenters. The number of aromatic hydroxyl groups is 1. The maximum absolute atomic E-state index is 10.4. The Morgan fingerprint density at radius 1 is 1.00 bits per heavy atom. The van der Waals surface area contributed by atoms with E-state index in [-0.39, 0.29) is 0 Å². The largest absolute Gasteiger partial charge is 0.497 e. The van der Waals surface area contributed by atoms with Crippen molar-refractivity contribution in [2.24, 2.45) is 5.92 Å². The molecule has 1 fully saturated rings. The number of nitro benzene ring substituents is 3. The lowest BCUT2D eigenvalue weighted by molar-refractivity contribution is -0.404. The number of hydrogen-bond acceptors (Lipinski definition) is 8. The molecule has 2 heterocycles. The average molecular weight is 482 g/mol. The molecule has 184 valence electrons. The highest BCUT2D eigenvalue weighted by molar-refractivity contribution is 5.64. The van der Waals surface area contributed by atoms with E-state index in [9.17, 15) is 30.3 Å². The van der Waals surface area contributed by atoms with Gasteiger partial charge in [0.2, 0.25) is 0 Å². The third kappa shape index (κ3) is 4.90. The number of hydrogen-bond donors (Lipinski definition) is 1. The van der Waals surface area contributed by atoms with Crippen molar-refractivity contribution >= 4 is 17.1 Å². The number of fused-ring (bicyclic) bond motifs is 2. The Morgan fingerprint density at radius 3 is 2.06 bits per heavy atom. The number of non-ortho nitro benzene ring substituents is 1. The van der Waals surface area contributed by atoms with E-state index < -0.39 is 37.6 Å². The fourth-order valence-electron chi connectivity index (χ4n) is 5.23. The van der Waals surface area contributed by atoms with Gasteiger partial charge in [0.15, 0.2) is 0 Å². The zero-order chi connectivity index (χ0) is 25.9. The van der Waals surface area contributed by atoms with Gasteiger partial charge in [-0.15, -0.1) is 13.2 Å². The van der Waals surface area contributed by atoms with E-state index in [1.165, 1.54) is 6.42 Å². The van der Waals surface area contributed by atoms with E-state index in [2.05, 4.69) is 55.3 Å². The highest BCUT2D eigenvalue weighted by Crippen LogP contribution is 2.53. The Labute approximate surface area is 201 Å². The minimum atomic E-state index is -1.21. The maximum atomic E-state index is 10.4. The summed E-state index contributed by atoms with van der Waals surface area (Å²) in [4.78, 5) is 30.4. The van der Waals surface area contributed by atoms with Gasteiger partial charge in [0, 0.05) is 24.5 Å². The summed E-state index contributed by atoms with van der Waals surface area (Å²) < 4.78 is 0. The van der Waals surface area contributed by atoms with Crippen LogP contribution >= 0.6 is 0 Å². The quantitative estimate of drug-likeness (QED) is 0.312. The molecule has 2 aromatic rings. The summed E-state index contributed by atoms with van der Waals surface area (Å²) in [5, 5.41) is 40.2. The molecule has 3 aliphatic rings. The second-order valence-electron chi connectivity index (χ2n) is 8.56. The van der Waals surface area contributed by atoms with Crippen molar-refractivity contribution in [1.29, 1.82) is 0 Å². The number of piperidine rings is 1. The van der Waals surface area contributed by atoms with Crippen LogP contribution in [0.5, 0.6) is 5.75 Å². The number of nitro groups is 3. The van der Waals surface area contributed by atoms with E-state index in [1.54, 1.807) is 11.1 Å². The van der Waals surface area contributed by atoms with Crippen LogP contribution in [0.15, 0.2) is 61.7 Å². The smallest absolute Gasteiger partial charge is 0.324 e. The molecule has 2 aliphatic heterocycles. The Hall–Kier alpha value is -4.12. The van der Waals surface area contributed by atoms with Crippen LogP contribution in [0.1, 0.15) is 42.9 Å². The summed E-state index contributed by atoms with van der Waals surface area (Å²) in [6.07, 6.45) is 6.48. The van der Waals surface area contributed by atoms with Crippen LogP contribution in [0, 0.1) is 36.3 Å². The van der Waals surface area contributed by atoms with E-state index in [4.69, 9.17) is 5.11 Å². The lowest BCUT2D eigenvalue weighted by atomic mass is 9.64. The fourth-order valence-corrected chi connectivity index (χ4v) is 5.23. The van der Waals surface area contributed by atoms with Crippen molar-refractivity contribution in [3.8, 4) is 5.75 Å². The SMILES string of the molecule is C=CCC1C2c3ccccc3C(CC2C)N1CC=C.O=[N+]([O-])c1cc([N+](=O)[O-])c(O)c([N+](=O)[O-])c1. The average Bonchev–Trinajstić information content (AvgIpc) is 2.81. The number of phenols is 1. The normalized spacial score (nSPS) is 22.3.